The van der Waals surface area contributed by atoms with Crippen molar-refractivity contribution in [2.45, 2.75) is 70.0 Å². The molecule has 0 amide bonds. The molecule has 3 rings (SSSR count). The highest BCUT2D eigenvalue weighted by Gasteiger charge is 2.47. The Morgan fingerprint density at radius 3 is 2.57 bits per heavy atom. The number of nitrogens with zero attached hydrogens (tertiary/aromatic N) is 4. The maximum absolute atomic E-state index is 4.31. The molecule has 5 nitrogen and oxygen atoms in total. The highest BCUT2D eigenvalue weighted by Crippen LogP contribution is 2.45. The van der Waals surface area contributed by atoms with E-state index >= 15 is 0 Å². The number of nitrogens with one attached hydrogen (secondary N) is 1. The highest BCUT2D eigenvalue weighted by atomic mass is 15.4. The maximum Gasteiger partial charge on any atom is 0.0775 e. The van der Waals surface area contributed by atoms with Gasteiger partial charge in [-0.05, 0) is 52.2 Å². The fourth-order valence-electron chi connectivity index (χ4n) is 4.50. The SMILES string of the molecule is CCCn1nncc1C(NC)C1(N2CCCC2)CCCC1. The van der Waals surface area contributed by atoms with Crippen LogP contribution in [0.2, 0.25) is 0 Å². The normalized spacial score (nSPS) is 23.7. The van der Waals surface area contributed by atoms with Crippen LogP contribution in [0.5, 0.6) is 0 Å². The molecule has 1 saturated carbocycles. The summed E-state index contributed by atoms with van der Waals surface area (Å²) in [5, 5.41) is 12.1. The summed E-state index contributed by atoms with van der Waals surface area (Å²) in [4.78, 5) is 2.75. The fourth-order valence-corrected chi connectivity index (χ4v) is 4.50. The molecule has 21 heavy (non-hydrogen) atoms. The summed E-state index contributed by atoms with van der Waals surface area (Å²) < 4.78 is 2.11. The van der Waals surface area contributed by atoms with Crippen molar-refractivity contribution in [1.29, 1.82) is 0 Å². The number of aromatic nitrogens is 3. The number of hydrogen-bond donors (Lipinski definition) is 1. The Bertz CT molecular complexity index is 443. The molecular formula is C16H29N5. The van der Waals surface area contributed by atoms with Crippen LogP contribution < -0.4 is 5.32 Å². The van der Waals surface area contributed by atoms with E-state index in [0.717, 1.165) is 13.0 Å². The van der Waals surface area contributed by atoms with E-state index in [1.165, 1.54) is 57.3 Å². The molecule has 0 bridgehead atoms. The van der Waals surface area contributed by atoms with Crippen molar-refractivity contribution in [3.8, 4) is 0 Å². The second kappa shape index (κ2) is 6.44. The van der Waals surface area contributed by atoms with Gasteiger partial charge in [0.05, 0.1) is 17.9 Å². The van der Waals surface area contributed by atoms with Crippen LogP contribution in [0.15, 0.2) is 6.20 Å². The van der Waals surface area contributed by atoms with Gasteiger partial charge in [0.15, 0.2) is 0 Å². The zero-order chi connectivity index (χ0) is 14.7. The van der Waals surface area contributed by atoms with Gasteiger partial charge >= 0.3 is 0 Å². The van der Waals surface area contributed by atoms with Gasteiger partial charge in [-0.2, -0.15) is 0 Å². The monoisotopic (exact) mass is 291 g/mol. The van der Waals surface area contributed by atoms with Crippen molar-refractivity contribution in [3.05, 3.63) is 11.9 Å². The largest absolute Gasteiger partial charge is 0.310 e. The average Bonchev–Trinajstić information content (AvgIpc) is 3.21. The quantitative estimate of drug-likeness (QED) is 0.874. The van der Waals surface area contributed by atoms with E-state index in [-0.39, 0.29) is 5.54 Å². The van der Waals surface area contributed by atoms with E-state index in [1.807, 2.05) is 6.20 Å². The summed E-state index contributed by atoms with van der Waals surface area (Å²) in [5.41, 5.74) is 1.55. The van der Waals surface area contributed by atoms with E-state index in [4.69, 9.17) is 0 Å². The number of likely N-dealkylation sites (N-methyl/N-ethyl adjacent to an activating group) is 1. The van der Waals surface area contributed by atoms with Gasteiger partial charge < -0.3 is 5.32 Å². The van der Waals surface area contributed by atoms with Crippen LogP contribution in [0.1, 0.15) is 63.6 Å². The van der Waals surface area contributed by atoms with Crippen LogP contribution in [0.4, 0.5) is 0 Å². The van der Waals surface area contributed by atoms with Crippen molar-refractivity contribution in [2.75, 3.05) is 20.1 Å². The first-order chi connectivity index (χ1) is 10.3. The van der Waals surface area contributed by atoms with Gasteiger partial charge in [0, 0.05) is 12.1 Å². The summed E-state index contributed by atoms with van der Waals surface area (Å²) >= 11 is 0. The highest BCUT2D eigenvalue weighted by molar-refractivity contribution is 5.15. The Labute approximate surface area is 128 Å². The van der Waals surface area contributed by atoms with Crippen LogP contribution in [-0.2, 0) is 6.54 Å². The Hall–Kier alpha value is -0.940. The number of rotatable bonds is 6. The molecular weight excluding hydrogens is 262 g/mol. The number of aryl methyl sites for hydroxylation is 1. The lowest BCUT2D eigenvalue weighted by Gasteiger charge is -2.45. The molecule has 5 heteroatoms. The zero-order valence-electron chi connectivity index (χ0n) is 13.5. The molecule has 1 N–H and O–H groups in total. The molecule has 0 aromatic carbocycles. The standard InChI is InChI=1S/C16H29N5/c1-3-10-21-14(13-18-19-21)15(17-2)16(8-4-5-9-16)20-11-6-7-12-20/h13,15,17H,3-12H2,1-2H3. The molecule has 1 saturated heterocycles. The number of likely N-dealkylation sites (tertiary alicyclic amines) is 1. The molecule has 2 heterocycles. The average molecular weight is 291 g/mol. The van der Waals surface area contributed by atoms with Gasteiger partial charge in [-0.25, -0.2) is 4.68 Å². The topological polar surface area (TPSA) is 46.0 Å². The van der Waals surface area contributed by atoms with E-state index in [2.05, 4.69) is 39.2 Å². The summed E-state index contributed by atoms with van der Waals surface area (Å²) in [5.74, 6) is 0. The van der Waals surface area contributed by atoms with Gasteiger partial charge in [-0.1, -0.05) is 25.0 Å². The Morgan fingerprint density at radius 1 is 1.24 bits per heavy atom. The summed E-state index contributed by atoms with van der Waals surface area (Å²) in [6.07, 6.45) is 11.1. The summed E-state index contributed by atoms with van der Waals surface area (Å²) in [7, 11) is 2.10. The first-order valence-corrected chi connectivity index (χ1v) is 8.62. The minimum absolute atomic E-state index is 0.276. The first-order valence-electron chi connectivity index (χ1n) is 8.62. The van der Waals surface area contributed by atoms with Crippen LogP contribution in [0.25, 0.3) is 0 Å². The summed E-state index contributed by atoms with van der Waals surface area (Å²) in [6.45, 7) is 5.68. The molecule has 1 atom stereocenters. The summed E-state index contributed by atoms with van der Waals surface area (Å²) in [6, 6.07) is 0.347. The van der Waals surface area contributed by atoms with Crippen molar-refractivity contribution < 1.29 is 0 Å². The van der Waals surface area contributed by atoms with Crippen LogP contribution in [-0.4, -0.2) is 45.6 Å². The van der Waals surface area contributed by atoms with Gasteiger partial charge in [0.1, 0.15) is 0 Å². The Kier molecular flexibility index (Phi) is 4.60. The lowest BCUT2D eigenvalue weighted by Crippen LogP contribution is -2.54. The van der Waals surface area contributed by atoms with Crippen LogP contribution in [0, 0.1) is 0 Å². The predicted molar refractivity (Wildman–Crippen MR) is 84.1 cm³/mol. The first kappa shape index (κ1) is 15.0. The smallest absolute Gasteiger partial charge is 0.0775 e. The van der Waals surface area contributed by atoms with E-state index in [9.17, 15) is 0 Å². The van der Waals surface area contributed by atoms with Gasteiger partial charge in [0.25, 0.3) is 0 Å². The third kappa shape index (κ3) is 2.61. The van der Waals surface area contributed by atoms with Crippen LogP contribution >= 0.6 is 0 Å². The third-order valence-electron chi connectivity index (χ3n) is 5.41. The molecule has 1 aromatic heterocycles. The van der Waals surface area contributed by atoms with Crippen molar-refractivity contribution >= 4 is 0 Å². The van der Waals surface area contributed by atoms with Crippen molar-refractivity contribution in [1.82, 2.24) is 25.2 Å². The van der Waals surface area contributed by atoms with Crippen LogP contribution in [0.3, 0.4) is 0 Å². The predicted octanol–water partition coefficient (Wildman–Crippen LogP) is 2.36. The lowest BCUT2D eigenvalue weighted by atomic mass is 9.84. The van der Waals surface area contributed by atoms with Gasteiger partial charge in [-0.3, -0.25) is 4.90 Å². The molecule has 0 spiro atoms. The van der Waals surface area contributed by atoms with E-state index < -0.39 is 0 Å². The lowest BCUT2D eigenvalue weighted by molar-refractivity contribution is 0.0759. The molecule has 2 fully saturated rings. The van der Waals surface area contributed by atoms with E-state index in [0.29, 0.717) is 6.04 Å². The molecule has 0 radical (unpaired) electrons. The molecule has 1 aromatic rings. The Morgan fingerprint density at radius 2 is 1.95 bits per heavy atom. The van der Waals surface area contributed by atoms with Gasteiger partial charge in [-0.15, -0.1) is 5.10 Å². The molecule has 1 aliphatic heterocycles. The minimum atomic E-state index is 0.276. The fraction of sp³-hybridized carbons (Fsp3) is 0.875. The second-order valence-electron chi connectivity index (χ2n) is 6.61. The van der Waals surface area contributed by atoms with Crippen molar-refractivity contribution in [3.63, 3.8) is 0 Å². The molecule has 1 aliphatic carbocycles. The zero-order valence-corrected chi connectivity index (χ0v) is 13.5. The van der Waals surface area contributed by atoms with Crippen molar-refractivity contribution in [2.24, 2.45) is 0 Å². The van der Waals surface area contributed by atoms with E-state index in [1.54, 1.807) is 0 Å². The maximum atomic E-state index is 4.31. The van der Waals surface area contributed by atoms with Gasteiger partial charge in [0.2, 0.25) is 0 Å². The second-order valence-corrected chi connectivity index (χ2v) is 6.61. The molecule has 118 valence electrons. The molecule has 2 aliphatic rings. The third-order valence-corrected chi connectivity index (χ3v) is 5.41. The molecule has 1 unspecified atom stereocenters. The minimum Gasteiger partial charge on any atom is -0.310 e. The number of hydrogen-bond acceptors (Lipinski definition) is 4. The Balaban J connectivity index is 1.93.